The van der Waals surface area contributed by atoms with Crippen molar-refractivity contribution in [1.29, 1.82) is 0 Å². The summed E-state index contributed by atoms with van der Waals surface area (Å²) in [7, 11) is -2.43. The van der Waals surface area contributed by atoms with Crippen LogP contribution in [0.4, 0.5) is 5.82 Å². The highest BCUT2D eigenvalue weighted by atomic mass is 32.2. The maximum Gasteiger partial charge on any atom is 0.349 e. The highest BCUT2D eigenvalue weighted by Crippen LogP contribution is 2.57. The molecule has 0 saturated carbocycles. The zero-order valence-electron chi connectivity index (χ0n) is 16.9. The molecule has 4 rings (SSSR count). The summed E-state index contributed by atoms with van der Waals surface area (Å²) >= 11 is 1.89. The fourth-order valence-electron chi connectivity index (χ4n) is 4.58. The number of hydrogen-bond donors (Lipinski definition) is 1. The van der Waals surface area contributed by atoms with E-state index in [1.54, 1.807) is 0 Å². The number of hydrogen-bond acceptors (Lipinski definition) is 7. The molecule has 2 aliphatic rings. The Morgan fingerprint density at radius 1 is 1.15 bits per heavy atom. The molecule has 2 aliphatic heterocycles. The molecule has 0 aromatic carbocycles. The number of imidazole rings is 1. The van der Waals surface area contributed by atoms with Gasteiger partial charge in [-0.15, -0.1) is 11.8 Å². The fourth-order valence-corrected chi connectivity index (χ4v) is 11.3. The highest BCUT2D eigenvalue weighted by molar-refractivity contribution is 8.00. The lowest BCUT2D eigenvalue weighted by atomic mass is 10.2. The third kappa shape index (κ3) is 2.90. The maximum absolute atomic E-state index is 6.90. The predicted molar refractivity (Wildman–Crippen MR) is 111 cm³/mol. The molecule has 2 aromatic rings. The fraction of sp³-hybridized carbons (Fsp3) is 0.722. The van der Waals surface area contributed by atoms with Crippen molar-refractivity contribution in [3.63, 3.8) is 0 Å². The Balaban J connectivity index is 1.63. The first-order valence-corrected chi connectivity index (χ1v) is 12.2. The average molecular weight is 408 g/mol. The summed E-state index contributed by atoms with van der Waals surface area (Å²) in [5.74, 6) is 0.422. The second-order valence-corrected chi connectivity index (χ2v) is 15.7. The van der Waals surface area contributed by atoms with Gasteiger partial charge in [0.1, 0.15) is 11.8 Å². The normalized spacial score (nSPS) is 28.4. The van der Waals surface area contributed by atoms with Crippen LogP contribution in [0.25, 0.3) is 11.2 Å². The quantitative estimate of drug-likeness (QED) is 0.718. The molecule has 2 N–H and O–H groups in total. The molecular formula is C18H29N5O2SSi. The van der Waals surface area contributed by atoms with Gasteiger partial charge in [0.15, 0.2) is 11.5 Å². The van der Waals surface area contributed by atoms with E-state index in [2.05, 4.69) is 61.1 Å². The van der Waals surface area contributed by atoms with Crippen LogP contribution >= 0.6 is 11.8 Å². The van der Waals surface area contributed by atoms with E-state index in [0.717, 1.165) is 18.7 Å². The van der Waals surface area contributed by atoms with Gasteiger partial charge < -0.3 is 19.2 Å². The zero-order chi connectivity index (χ0) is 19.6. The van der Waals surface area contributed by atoms with Crippen LogP contribution in [0, 0.1) is 0 Å². The lowest BCUT2D eigenvalue weighted by Crippen LogP contribution is -2.63. The molecule has 4 heterocycles. The molecule has 3 atom stereocenters. The van der Waals surface area contributed by atoms with Gasteiger partial charge in [-0.25, -0.2) is 15.0 Å². The number of nitrogen functional groups attached to an aromatic ring is 1. The van der Waals surface area contributed by atoms with E-state index in [1.165, 1.54) is 6.33 Å². The Labute approximate surface area is 165 Å². The second kappa shape index (κ2) is 6.17. The van der Waals surface area contributed by atoms with Crippen molar-refractivity contribution in [1.82, 2.24) is 19.5 Å². The Morgan fingerprint density at radius 3 is 2.52 bits per heavy atom. The molecular weight excluding hydrogens is 378 g/mol. The number of nitrogens with two attached hydrogens (primary N) is 1. The van der Waals surface area contributed by atoms with E-state index >= 15 is 0 Å². The van der Waals surface area contributed by atoms with Crippen molar-refractivity contribution in [2.24, 2.45) is 0 Å². The minimum Gasteiger partial charge on any atom is -0.392 e. The Bertz CT molecular complexity index is 846. The predicted octanol–water partition coefficient (Wildman–Crippen LogP) is 3.87. The van der Waals surface area contributed by atoms with E-state index in [1.807, 2.05) is 18.1 Å². The second-order valence-electron chi connectivity index (χ2n) is 9.53. The Hall–Kier alpha value is -1.16. The third-order valence-corrected chi connectivity index (χ3v) is 12.3. The summed E-state index contributed by atoms with van der Waals surface area (Å²) in [6, 6.07) is 0. The van der Waals surface area contributed by atoms with Crippen LogP contribution in [0.5, 0.6) is 0 Å². The molecule has 2 aromatic heterocycles. The average Bonchev–Trinajstić information content (AvgIpc) is 3.16. The monoisotopic (exact) mass is 407 g/mol. The first-order chi connectivity index (χ1) is 12.5. The van der Waals surface area contributed by atoms with Crippen molar-refractivity contribution < 1.29 is 8.85 Å². The van der Waals surface area contributed by atoms with Crippen molar-refractivity contribution in [2.45, 2.75) is 74.8 Å². The van der Waals surface area contributed by atoms with Crippen LogP contribution in [0.15, 0.2) is 12.7 Å². The first-order valence-electron chi connectivity index (χ1n) is 9.44. The van der Waals surface area contributed by atoms with Crippen LogP contribution in [-0.4, -0.2) is 46.0 Å². The lowest BCUT2D eigenvalue weighted by molar-refractivity contribution is 0.0262. The lowest BCUT2D eigenvalue weighted by Gasteiger charge is -2.53. The summed E-state index contributed by atoms with van der Waals surface area (Å²) in [5, 5.41) is 0.551. The van der Waals surface area contributed by atoms with E-state index in [9.17, 15) is 0 Å². The van der Waals surface area contributed by atoms with Gasteiger partial charge in [-0.2, -0.15) is 0 Å². The number of thioether (sulfide) groups is 1. The summed E-state index contributed by atoms with van der Waals surface area (Å²) in [4.78, 5) is 12.9. The number of rotatable bonds is 1. The molecule has 0 radical (unpaired) electrons. The topological polar surface area (TPSA) is 88.1 Å². The van der Waals surface area contributed by atoms with E-state index in [0.29, 0.717) is 16.6 Å². The third-order valence-electron chi connectivity index (χ3n) is 5.62. The van der Waals surface area contributed by atoms with Crippen molar-refractivity contribution in [3.05, 3.63) is 12.7 Å². The molecule has 9 heteroatoms. The standard InChI is InChI=1S/C18H29N5O2SSi/c1-17(2,3)27(18(4,5)6)24-8-12-11(25-27)7-13(26-12)23-10-22-14-15(19)20-9-21-16(14)23/h9-13H,7-8H2,1-6H3,(H2,19,20,21)/t11-,12+,13+/m0/s1. The minimum atomic E-state index is -2.43. The van der Waals surface area contributed by atoms with Gasteiger partial charge in [-0.1, -0.05) is 41.5 Å². The molecule has 0 unspecified atom stereocenters. The Kier molecular flexibility index (Phi) is 4.38. The van der Waals surface area contributed by atoms with Gasteiger partial charge in [0, 0.05) is 16.5 Å². The van der Waals surface area contributed by atoms with Gasteiger partial charge in [-0.05, 0) is 0 Å². The summed E-state index contributed by atoms with van der Waals surface area (Å²) in [6.07, 6.45) is 4.44. The number of aromatic nitrogens is 4. The van der Waals surface area contributed by atoms with E-state index < -0.39 is 8.56 Å². The van der Waals surface area contributed by atoms with Crippen LogP contribution in [0.2, 0.25) is 10.1 Å². The van der Waals surface area contributed by atoms with Crippen LogP contribution in [-0.2, 0) is 8.85 Å². The molecule has 7 nitrogen and oxygen atoms in total. The molecule has 2 fully saturated rings. The highest BCUT2D eigenvalue weighted by Gasteiger charge is 2.63. The summed E-state index contributed by atoms with van der Waals surface area (Å²) < 4.78 is 15.6. The number of fused-ring (bicyclic) bond motifs is 2. The Morgan fingerprint density at radius 2 is 1.85 bits per heavy atom. The molecule has 0 bridgehead atoms. The number of nitrogens with zero attached hydrogens (tertiary/aromatic N) is 4. The molecule has 148 valence electrons. The van der Waals surface area contributed by atoms with Gasteiger partial charge in [-0.3, -0.25) is 0 Å². The number of anilines is 1. The summed E-state index contributed by atoms with van der Waals surface area (Å²) in [6.45, 7) is 14.3. The van der Waals surface area contributed by atoms with Crippen molar-refractivity contribution in [3.8, 4) is 0 Å². The van der Waals surface area contributed by atoms with Gasteiger partial charge >= 0.3 is 8.56 Å². The first kappa shape index (κ1) is 19.2. The zero-order valence-corrected chi connectivity index (χ0v) is 18.7. The van der Waals surface area contributed by atoms with Crippen LogP contribution < -0.4 is 5.73 Å². The van der Waals surface area contributed by atoms with Crippen molar-refractivity contribution >= 4 is 37.3 Å². The smallest absolute Gasteiger partial charge is 0.349 e. The van der Waals surface area contributed by atoms with Crippen LogP contribution in [0.1, 0.15) is 53.3 Å². The van der Waals surface area contributed by atoms with E-state index in [4.69, 9.17) is 14.6 Å². The van der Waals surface area contributed by atoms with Gasteiger partial charge in [0.2, 0.25) is 0 Å². The molecule has 0 aliphatic carbocycles. The maximum atomic E-state index is 6.90. The molecule has 27 heavy (non-hydrogen) atoms. The molecule has 0 spiro atoms. The van der Waals surface area contributed by atoms with Crippen LogP contribution in [0.3, 0.4) is 0 Å². The SMILES string of the molecule is CC(C)(C)[Si]1(C(C)(C)C)OC[C@H]2S[C@@H](n3cnc4c(N)ncnc43)C[C@@H]2O1. The largest absolute Gasteiger partial charge is 0.392 e. The van der Waals surface area contributed by atoms with E-state index in [-0.39, 0.29) is 21.6 Å². The molecule has 2 saturated heterocycles. The van der Waals surface area contributed by atoms with Gasteiger partial charge in [0.25, 0.3) is 0 Å². The van der Waals surface area contributed by atoms with Crippen molar-refractivity contribution in [2.75, 3.05) is 12.3 Å². The summed E-state index contributed by atoms with van der Waals surface area (Å²) in [5.41, 5.74) is 7.40. The minimum absolute atomic E-state index is 0.00233. The molecule has 0 amide bonds. The van der Waals surface area contributed by atoms with Gasteiger partial charge in [0.05, 0.1) is 29.7 Å².